The molecule has 1 aliphatic heterocycles. The number of esters is 5. The van der Waals surface area contributed by atoms with Crippen molar-refractivity contribution in [3.8, 4) is 0 Å². The smallest absolute Gasteiger partial charge is 0.305 e. The van der Waals surface area contributed by atoms with Crippen molar-refractivity contribution in [2.24, 2.45) is 0 Å². The van der Waals surface area contributed by atoms with Crippen molar-refractivity contribution in [3.05, 3.63) is 12.2 Å². The number of hydrogen-bond donors (Lipinski definition) is 0. The number of ether oxygens (including phenoxy) is 7. The predicted molar refractivity (Wildman–Crippen MR) is 131 cm³/mol. The number of methoxy groups -OCH3 is 1. The van der Waals surface area contributed by atoms with Crippen molar-refractivity contribution in [2.45, 2.75) is 103 Å². The van der Waals surface area contributed by atoms with Crippen molar-refractivity contribution >= 4 is 29.8 Å². The summed E-state index contributed by atoms with van der Waals surface area (Å²) in [6.45, 7) is 4.47. The Bertz CT molecular complexity index is 808. The Kier molecular flexibility index (Phi) is 15.9. The molecule has 12 heteroatoms. The molecule has 1 fully saturated rings. The van der Waals surface area contributed by atoms with E-state index in [0.29, 0.717) is 6.42 Å². The maximum absolute atomic E-state index is 11.8. The lowest BCUT2D eigenvalue weighted by Crippen LogP contribution is -2.62. The molecule has 5 atom stereocenters. The Labute approximate surface area is 223 Å². The first-order valence-electron chi connectivity index (χ1n) is 12.7. The molecule has 216 valence electrons. The topological polar surface area (TPSA) is 150 Å². The van der Waals surface area contributed by atoms with Crippen LogP contribution in [0.25, 0.3) is 0 Å². The lowest BCUT2D eigenvalue weighted by Gasteiger charge is -2.43. The number of allylic oxidation sites excluding steroid dienone is 1. The Morgan fingerprint density at radius 1 is 0.711 bits per heavy atom. The van der Waals surface area contributed by atoms with Gasteiger partial charge in [0.15, 0.2) is 24.6 Å². The molecule has 0 radical (unpaired) electrons. The molecule has 0 spiro atoms. The minimum atomic E-state index is -1.26. The Hall–Kier alpha value is -2.99. The van der Waals surface area contributed by atoms with Gasteiger partial charge in [-0.25, -0.2) is 0 Å². The fourth-order valence-corrected chi connectivity index (χ4v) is 3.82. The third-order valence-corrected chi connectivity index (χ3v) is 5.45. The first-order chi connectivity index (χ1) is 18.0. The summed E-state index contributed by atoms with van der Waals surface area (Å²) in [5, 5.41) is 0. The average Bonchev–Trinajstić information content (AvgIpc) is 2.83. The van der Waals surface area contributed by atoms with Crippen LogP contribution in [0, 0.1) is 0 Å². The van der Waals surface area contributed by atoms with Crippen LogP contribution >= 0.6 is 0 Å². The SMILES string of the molecule is COC(=O)CCCCCCC/C=C/CO[C@H]1O[C@H](COC(C)=O)[C@@H](OC(C)=O)[C@H](OC(C)=O)[C@H]1OC(C)=O. The predicted octanol–water partition coefficient (Wildman–Crippen LogP) is 2.55. The molecule has 0 aromatic heterocycles. The molecule has 0 aliphatic carbocycles. The molecule has 0 amide bonds. The van der Waals surface area contributed by atoms with E-state index in [9.17, 15) is 24.0 Å². The monoisotopic (exact) mass is 544 g/mol. The van der Waals surface area contributed by atoms with Gasteiger partial charge in [0.1, 0.15) is 12.7 Å². The molecule has 0 aromatic rings. The highest BCUT2D eigenvalue weighted by molar-refractivity contribution is 5.69. The van der Waals surface area contributed by atoms with Crippen LogP contribution in [0.15, 0.2) is 12.2 Å². The summed E-state index contributed by atoms with van der Waals surface area (Å²) in [6, 6.07) is 0. The number of carbonyl (C=O) groups excluding carboxylic acids is 5. The summed E-state index contributed by atoms with van der Waals surface area (Å²) in [6.07, 6.45) is 3.79. The van der Waals surface area contributed by atoms with Gasteiger partial charge < -0.3 is 33.2 Å². The molecule has 1 rings (SSSR count). The quantitative estimate of drug-likeness (QED) is 0.122. The first-order valence-corrected chi connectivity index (χ1v) is 12.7. The molecule has 1 saturated heterocycles. The zero-order chi connectivity index (χ0) is 28.5. The van der Waals surface area contributed by atoms with E-state index in [0.717, 1.165) is 52.4 Å². The number of carbonyl (C=O) groups is 5. The maximum atomic E-state index is 11.8. The molecule has 0 aromatic carbocycles. The minimum Gasteiger partial charge on any atom is -0.469 e. The Morgan fingerprint density at radius 2 is 1.29 bits per heavy atom. The van der Waals surface area contributed by atoms with E-state index < -0.39 is 54.6 Å². The molecule has 38 heavy (non-hydrogen) atoms. The van der Waals surface area contributed by atoms with Crippen molar-refractivity contribution < 1.29 is 57.1 Å². The lowest BCUT2D eigenvalue weighted by molar-refractivity contribution is -0.305. The van der Waals surface area contributed by atoms with Crippen LogP contribution in [-0.4, -0.2) is 80.9 Å². The van der Waals surface area contributed by atoms with Crippen molar-refractivity contribution in [1.29, 1.82) is 0 Å². The number of hydrogen-bond acceptors (Lipinski definition) is 12. The summed E-state index contributed by atoms with van der Waals surface area (Å²) in [4.78, 5) is 57.9. The number of rotatable bonds is 16. The van der Waals surface area contributed by atoms with Crippen LogP contribution in [0.5, 0.6) is 0 Å². The second-order valence-electron chi connectivity index (χ2n) is 8.75. The van der Waals surface area contributed by atoms with Crippen LogP contribution in [0.2, 0.25) is 0 Å². The van der Waals surface area contributed by atoms with Gasteiger partial charge in [-0.1, -0.05) is 31.4 Å². The first kappa shape index (κ1) is 33.0. The average molecular weight is 545 g/mol. The van der Waals surface area contributed by atoms with Crippen LogP contribution < -0.4 is 0 Å². The summed E-state index contributed by atoms with van der Waals surface area (Å²) < 4.78 is 37.3. The molecule has 0 N–H and O–H groups in total. The number of unbranched alkanes of at least 4 members (excludes halogenated alkanes) is 5. The zero-order valence-corrected chi connectivity index (χ0v) is 22.8. The summed E-state index contributed by atoms with van der Waals surface area (Å²) in [7, 11) is 1.38. The summed E-state index contributed by atoms with van der Waals surface area (Å²) in [5.41, 5.74) is 0. The van der Waals surface area contributed by atoms with Gasteiger partial charge in [-0.05, 0) is 19.3 Å². The highest BCUT2D eigenvalue weighted by atomic mass is 16.7. The molecular formula is C26H40O12. The largest absolute Gasteiger partial charge is 0.469 e. The van der Waals surface area contributed by atoms with E-state index in [-0.39, 0.29) is 19.2 Å². The molecular weight excluding hydrogens is 504 g/mol. The van der Waals surface area contributed by atoms with Crippen molar-refractivity contribution in [2.75, 3.05) is 20.3 Å². The van der Waals surface area contributed by atoms with Crippen LogP contribution in [0.3, 0.4) is 0 Å². The Morgan fingerprint density at radius 3 is 1.89 bits per heavy atom. The van der Waals surface area contributed by atoms with E-state index in [1.165, 1.54) is 21.0 Å². The third-order valence-electron chi connectivity index (χ3n) is 5.45. The van der Waals surface area contributed by atoms with Crippen LogP contribution in [0.4, 0.5) is 0 Å². The van der Waals surface area contributed by atoms with Crippen molar-refractivity contribution in [1.82, 2.24) is 0 Å². The van der Waals surface area contributed by atoms with Gasteiger partial charge in [-0.15, -0.1) is 0 Å². The minimum absolute atomic E-state index is 0.0901. The zero-order valence-electron chi connectivity index (χ0n) is 22.8. The fraction of sp³-hybridized carbons (Fsp3) is 0.731. The van der Waals surface area contributed by atoms with E-state index in [1.54, 1.807) is 6.08 Å². The molecule has 1 aliphatic rings. The molecule has 12 nitrogen and oxygen atoms in total. The third kappa shape index (κ3) is 13.5. The van der Waals surface area contributed by atoms with Crippen molar-refractivity contribution in [3.63, 3.8) is 0 Å². The molecule has 0 bridgehead atoms. The van der Waals surface area contributed by atoms with E-state index in [1.807, 2.05) is 6.08 Å². The van der Waals surface area contributed by atoms with Gasteiger partial charge in [0.05, 0.1) is 13.7 Å². The molecule has 0 unspecified atom stereocenters. The molecule has 1 heterocycles. The van der Waals surface area contributed by atoms with Gasteiger partial charge in [0, 0.05) is 34.1 Å². The van der Waals surface area contributed by atoms with E-state index >= 15 is 0 Å². The molecule has 0 saturated carbocycles. The maximum Gasteiger partial charge on any atom is 0.305 e. The second-order valence-corrected chi connectivity index (χ2v) is 8.75. The van der Waals surface area contributed by atoms with Gasteiger partial charge >= 0.3 is 29.8 Å². The van der Waals surface area contributed by atoms with Gasteiger partial charge in [0.2, 0.25) is 0 Å². The van der Waals surface area contributed by atoms with Crippen LogP contribution in [-0.2, 0) is 57.1 Å². The van der Waals surface area contributed by atoms with E-state index in [4.69, 9.17) is 28.4 Å². The van der Waals surface area contributed by atoms with Crippen LogP contribution in [0.1, 0.15) is 72.6 Å². The van der Waals surface area contributed by atoms with Gasteiger partial charge in [-0.3, -0.25) is 24.0 Å². The highest BCUT2D eigenvalue weighted by Crippen LogP contribution is 2.30. The normalized spacial score (nSPS) is 22.9. The highest BCUT2D eigenvalue weighted by Gasteiger charge is 2.52. The lowest BCUT2D eigenvalue weighted by atomic mass is 9.98. The van der Waals surface area contributed by atoms with Gasteiger partial charge in [0.25, 0.3) is 0 Å². The summed E-state index contributed by atoms with van der Waals surface area (Å²) >= 11 is 0. The summed E-state index contributed by atoms with van der Waals surface area (Å²) in [5.74, 6) is -2.88. The second kappa shape index (κ2) is 18.3. The van der Waals surface area contributed by atoms with Gasteiger partial charge in [-0.2, -0.15) is 0 Å². The fourth-order valence-electron chi connectivity index (χ4n) is 3.82. The Balaban J connectivity index is 2.76. The van der Waals surface area contributed by atoms with E-state index in [2.05, 4.69) is 4.74 Å². The standard InChI is InChI=1S/C26H40O12/c1-17(27)34-16-21-23(35-18(2)28)24(36-19(3)29)25(37-20(4)30)26(38-21)33-15-13-11-9-7-6-8-10-12-14-22(31)32-5/h11,13,21,23-26H,6-10,12,14-16H2,1-5H3/b13-11+/t21-,23-,24+,25-,26+/m1/s1.